The van der Waals surface area contributed by atoms with Crippen LogP contribution >= 0.6 is 0 Å². The molecule has 0 heterocycles. The van der Waals surface area contributed by atoms with Crippen LogP contribution in [0, 0.1) is 0 Å². The smallest absolute Gasteiger partial charge is 0.328 e. The van der Waals surface area contributed by atoms with Crippen molar-refractivity contribution < 1.29 is 9.90 Å². The largest absolute Gasteiger partial charge is 0.478 e. The third kappa shape index (κ3) is 3.45. The molecule has 0 fully saturated rings. The van der Waals surface area contributed by atoms with Crippen molar-refractivity contribution in [2.75, 3.05) is 0 Å². The van der Waals surface area contributed by atoms with Crippen LogP contribution in [-0.2, 0) is 17.6 Å². The molecule has 0 aliphatic heterocycles. The van der Waals surface area contributed by atoms with E-state index in [1.165, 1.54) is 17.2 Å². The summed E-state index contributed by atoms with van der Waals surface area (Å²) in [5.41, 5.74) is 4.47. The van der Waals surface area contributed by atoms with Gasteiger partial charge in [0.25, 0.3) is 0 Å². The fourth-order valence-electron chi connectivity index (χ4n) is 1.97. The predicted octanol–water partition coefficient (Wildman–Crippen LogP) is 3.69. The Balaban J connectivity index is 3.29. The SMILES string of the molecule is CC/C(=C\C(=O)O)c1cc(CC)ccc1CC. The molecule has 0 radical (unpaired) electrons. The molecule has 1 rings (SSSR count). The fourth-order valence-corrected chi connectivity index (χ4v) is 1.97. The zero-order valence-corrected chi connectivity index (χ0v) is 10.8. The molecule has 0 saturated carbocycles. The standard InChI is InChI=1S/C15H20O2/c1-4-11-7-8-12(5-2)14(9-11)13(6-3)10-15(16)17/h7-10H,4-6H2,1-3H3,(H,16,17)/b13-10+. The van der Waals surface area contributed by atoms with Crippen LogP contribution in [0.4, 0.5) is 0 Å². The van der Waals surface area contributed by atoms with Gasteiger partial charge in [-0.1, -0.05) is 39.0 Å². The highest BCUT2D eigenvalue weighted by Gasteiger charge is 2.07. The molecular formula is C15H20O2. The van der Waals surface area contributed by atoms with Gasteiger partial charge in [-0.15, -0.1) is 0 Å². The van der Waals surface area contributed by atoms with Gasteiger partial charge in [0.2, 0.25) is 0 Å². The molecule has 0 atom stereocenters. The molecule has 0 aliphatic carbocycles. The van der Waals surface area contributed by atoms with Gasteiger partial charge in [-0.3, -0.25) is 0 Å². The van der Waals surface area contributed by atoms with Gasteiger partial charge in [0, 0.05) is 6.08 Å². The van der Waals surface area contributed by atoms with Gasteiger partial charge in [0.15, 0.2) is 0 Å². The lowest BCUT2D eigenvalue weighted by Crippen LogP contribution is -1.97. The summed E-state index contributed by atoms with van der Waals surface area (Å²) in [7, 11) is 0. The lowest BCUT2D eigenvalue weighted by atomic mass is 9.93. The highest BCUT2D eigenvalue weighted by Crippen LogP contribution is 2.24. The Bertz CT molecular complexity index is 431. The second-order valence-electron chi connectivity index (χ2n) is 4.06. The van der Waals surface area contributed by atoms with E-state index in [0.29, 0.717) is 0 Å². The summed E-state index contributed by atoms with van der Waals surface area (Å²) in [5.74, 6) is -0.870. The maximum absolute atomic E-state index is 10.8. The van der Waals surface area contributed by atoms with Gasteiger partial charge in [0.1, 0.15) is 0 Å². The average molecular weight is 232 g/mol. The molecule has 0 amide bonds. The number of carbonyl (C=O) groups is 1. The summed E-state index contributed by atoms with van der Waals surface area (Å²) in [4.78, 5) is 10.8. The van der Waals surface area contributed by atoms with Crippen LogP contribution < -0.4 is 0 Å². The molecule has 0 spiro atoms. The van der Waals surface area contributed by atoms with Crippen LogP contribution in [0.1, 0.15) is 43.9 Å². The number of allylic oxidation sites excluding steroid dienone is 1. The number of hydrogen-bond donors (Lipinski definition) is 1. The zero-order chi connectivity index (χ0) is 12.8. The molecule has 2 nitrogen and oxygen atoms in total. The summed E-state index contributed by atoms with van der Waals surface area (Å²) in [6.45, 7) is 6.20. The second kappa shape index (κ2) is 6.24. The van der Waals surface area contributed by atoms with Gasteiger partial charge in [-0.25, -0.2) is 4.79 Å². The third-order valence-electron chi connectivity index (χ3n) is 2.99. The van der Waals surface area contributed by atoms with Crippen molar-refractivity contribution >= 4 is 11.5 Å². The van der Waals surface area contributed by atoms with Gasteiger partial charge in [-0.2, -0.15) is 0 Å². The van der Waals surface area contributed by atoms with Crippen LogP contribution in [0.25, 0.3) is 5.57 Å². The maximum Gasteiger partial charge on any atom is 0.328 e. The summed E-state index contributed by atoms with van der Waals surface area (Å²) < 4.78 is 0. The topological polar surface area (TPSA) is 37.3 Å². The molecule has 0 aromatic heterocycles. The van der Waals surface area contributed by atoms with Gasteiger partial charge in [0.05, 0.1) is 0 Å². The molecule has 1 aromatic rings. The van der Waals surface area contributed by atoms with Gasteiger partial charge >= 0.3 is 5.97 Å². The van der Waals surface area contributed by atoms with E-state index in [9.17, 15) is 4.79 Å². The fraction of sp³-hybridized carbons (Fsp3) is 0.400. The van der Waals surface area contributed by atoms with E-state index in [-0.39, 0.29) is 0 Å². The van der Waals surface area contributed by atoms with E-state index in [1.54, 1.807) is 0 Å². The van der Waals surface area contributed by atoms with Gasteiger partial charge in [-0.05, 0) is 41.5 Å². The number of hydrogen-bond acceptors (Lipinski definition) is 1. The van der Waals surface area contributed by atoms with E-state index < -0.39 is 5.97 Å². The van der Waals surface area contributed by atoms with E-state index in [0.717, 1.165) is 30.4 Å². The summed E-state index contributed by atoms with van der Waals surface area (Å²) >= 11 is 0. The Kier molecular flexibility index (Phi) is 4.95. The molecule has 0 saturated heterocycles. The van der Waals surface area contributed by atoms with E-state index in [4.69, 9.17) is 5.11 Å². The van der Waals surface area contributed by atoms with Crippen LogP contribution in [-0.4, -0.2) is 11.1 Å². The normalized spacial score (nSPS) is 11.6. The second-order valence-corrected chi connectivity index (χ2v) is 4.06. The first-order chi connectivity index (χ1) is 8.12. The minimum atomic E-state index is -0.870. The van der Waals surface area contributed by atoms with Crippen molar-refractivity contribution in [3.8, 4) is 0 Å². The number of benzene rings is 1. The van der Waals surface area contributed by atoms with Gasteiger partial charge < -0.3 is 5.11 Å². The van der Waals surface area contributed by atoms with Crippen molar-refractivity contribution in [3.63, 3.8) is 0 Å². The van der Waals surface area contributed by atoms with E-state index >= 15 is 0 Å². The first kappa shape index (κ1) is 13.5. The minimum Gasteiger partial charge on any atom is -0.478 e. The first-order valence-electron chi connectivity index (χ1n) is 6.18. The monoisotopic (exact) mass is 232 g/mol. The van der Waals surface area contributed by atoms with Crippen molar-refractivity contribution in [3.05, 3.63) is 41.0 Å². The Morgan fingerprint density at radius 1 is 1.24 bits per heavy atom. The van der Waals surface area contributed by atoms with Crippen molar-refractivity contribution in [1.29, 1.82) is 0 Å². The number of rotatable bonds is 5. The summed E-state index contributed by atoms with van der Waals surface area (Å²) in [6, 6.07) is 6.35. The van der Waals surface area contributed by atoms with Crippen molar-refractivity contribution in [2.45, 2.75) is 40.0 Å². The number of carboxylic acids is 1. The summed E-state index contributed by atoms with van der Waals surface area (Å²) in [5, 5.41) is 8.89. The Morgan fingerprint density at radius 3 is 2.41 bits per heavy atom. The zero-order valence-electron chi connectivity index (χ0n) is 10.8. The molecule has 0 aliphatic rings. The van der Waals surface area contributed by atoms with Crippen molar-refractivity contribution in [2.24, 2.45) is 0 Å². The molecule has 2 heteroatoms. The predicted molar refractivity (Wildman–Crippen MR) is 71.1 cm³/mol. The highest BCUT2D eigenvalue weighted by atomic mass is 16.4. The average Bonchev–Trinajstić information content (AvgIpc) is 2.34. The number of carboxylic acid groups (broad SMARTS) is 1. The Labute approximate surface area is 103 Å². The molecule has 17 heavy (non-hydrogen) atoms. The van der Waals surface area contributed by atoms with Crippen LogP contribution in [0.15, 0.2) is 24.3 Å². The minimum absolute atomic E-state index is 0.743. The third-order valence-corrected chi connectivity index (χ3v) is 2.99. The summed E-state index contributed by atoms with van der Waals surface area (Å²) in [6.07, 6.45) is 3.97. The lowest BCUT2D eigenvalue weighted by molar-refractivity contribution is -0.131. The first-order valence-corrected chi connectivity index (χ1v) is 6.18. The van der Waals surface area contributed by atoms with E-state index in [2.05, 4.69) is 32.0 Å². The molecule has 1 aromatic carbocycles. The van der Waals surface area contributed by atoms with Crippen molar-refractivity contribution in [1.82, 2.24) is 0 Å². The van der Waals surface area contributed by atoms with Crippen LogP contribution in [0.3, 0.4) is 0 Å². The maximum atomic E-state index is 10.8. The Hall–Kier alpha value is -1.57. The number of aryl methyl sites for hydroxylation is 2. The van der Waals surface area contributed by atoms with Crippen LogP contribution in [0.2, 0.25) is 0 Å². The number of aliphatic carboxylic acids is 1. The van der Waals surface area contributed by atoms with E-state index in [1.807, 2.05) is 6.92 Å². The lowest BCUT2D eigenvalue weighted by Gasteiger charge is -2.12. The molecule has 0 bridgehead atoms. The molecule has 92 valence electrons. The molecule has 1 N–H and O–H groups in total. The highest BCUT2D eigenvalue weighted by molar-refractivity contribution is 5.90. The molecule has 0 unspecified atom stereocenters. The Morgan fingerprint density at radius 2 is 1.94 bits per heavy atom. The van der Waals surface area contributed by atoms with Crippen LogP contribution in [0.5, 0.6) is 0 Å². The quantitative estimate of drug-likeness (QED) is 0.786. The molecular weight excluding hydrogens is 212 g/mol.